The molecule has 3 aromatic rings. The minimum Gasteiger partial charge on any atom is -0.497 e. The number of ether oxygens (including phenoxy) is 2. The molecule has 1 heterocycles. The third-order valence-electron chi connectivity index (χ3n) is 6.58. The standard InChI is InChI=1S/C28H29Cl2NO4/c1-34-26-14-8-23(9-15-26)28(21-4-10-24(29)11-5-21,22-6-12-25(30)13-7-22)35-18-17-31-16-2-3-20(19-31)27(32)33/h4-15,20H,2-3,16-19H2,1H3,(H,32,33)/t20-/m0/s1. The summed E-state index contributed by atoms with van der Waals surface area (Å²) in [6.07, 6.45) is 1.59. The van der Waals surface area contributed by atoms with Crippen LogP contribution in [0.1, 0.15) is 29.5 Å². The van der Waals surface area contributed by atoms with Crippen molar-refractivity contribution in [3.05, 3.63) is 99.5 Å². The van der Waals surface area contributed by atoms with E-state index in [1.54, 1.807) is 7.11 Å². The van der Waals surface area contributed by atoms with E-state index in [9.17, 15) is 9.90 Å². The maximum atomic E-state index is 11.5. The Morgan fingerprint density at radius 2 is 1.46 bits per heavy atom. The first kappa shape index (κ1) is 25.5. The monoisotopic (exact) mass is 513 g/mol. The predicted molar refractivity (Wildman–Crippen MR) is 139 cm³/mol. The van der Waals surface area contributed by atoms with Gasteiger partial charge in [-0.3, -0.25) is 4.79 Å². The summed E-state index contributed by atoms with van der Waals surface area (Å²) in [4.78, 5) is 13.7. The lowest BCUT2D eigenvalue weighted by Crippen LogP contribution is -2.42. The molecule has 0 amide bonds. The predicted octanol–water partition coefficient (Wildman–Crippen LogP) is 6.11. The maximum Gasteiger partial charge on any atom is 0.307 e. The number of rotatable bonds is 9. The highest BCUT2D eigenvalue weighted by Gasteiger charge is 2.38. The Morgan fingerprint density at radius 1 is 0.943 bits per heavy atom. The van der Waals surface area contributed by atoms with E-state index in [4.69, 9.17) is 32.7 Å². The Hall–Kier alpha value is -2.57. The van der Waals surface area contributed by atoms with Gasteiger partial charge in [0.2, 0.25) is 0 Å². The molecule has 0 spiro atoms. The topological polar surface area (TPSA) is 59.0 Å². The van der Waals surface area contributed by atoms with Crippen molar-refractivity contribution in [2.45, 2.75) is 18.4 Å². The van der Waals surface area contributed by atoms with Gasteiger partial charge in [-0.25, -0.2) is 0 Å². The lowest BCUT2D eigenvalue weighted by Gasteiger charge is -2.37. The second-order valence-corrected chi connectivity index (χ2v) is 9.62. The van der Waals surface area contributed by atoms with Gasteiger partial charge >= 0.3 is 5.97 Å². The van der Waals surface area contributed by atoms with Gasteiger partial charge in [-0.1, -0.05) is 59.6 Å². The zero-order valence-corrected chi connectivity index (χ0v) is 21.1. The summed E-state index contributed by atoms with van der Waals surface area (Å²) in [5, 5.41) is 10.7. The molecule has 1 fully saturated rings. The van der Waals surface area contributed by atoms with E-state index in [-0.39, 0.29) is 5.92 Å². The molecule has 0 saturated carbocycles. The van der Waals surface area contributed by atoms with Gasteiger partial charge in [-0.05, 0) is 72.5 Å². The smallest absolute Gasteiger partial charge is 0.307 e. The fourth-order valence-corrected chi connectivity index (χ4v) is 4.98. The van der Waals surface area contributed by atoms with Gasteiger partial charge in [0.25, 0.3) is 0 Å². The molecular weight excluding hydrogens is 485 g/mol. The Balaban J connectivity index is 1.72. The number of likely N-dealkylation sites (tertiary alicyclic amines) is 1. The highest BCUT2D eigenvalue weighted by Crippen LogP contribution is 2.42. The van der Waals surface area contributed by atoms with Crippen LogP contribution in [-0.2, 0) is 15.1 Å². The molecule has 1 aliphatic rings. The van der Waals surface area contributed by atoms with Crippen molar-refractivity contribution in [1.29, 1.82) is 0 Å². The van der Waals surface area contributed by atoms with Crippen LogP contribution in [-0.4, -0.2) is 49.3 Å². The third kappa shape index (κ3) is 5.81. The number of halogens is 2. The zero-order chi connectivity index (χ0) is 24.8. The first-order chi connectivity index (χ1) is 16.9. The zero-order valence-electron chi connectivity index (χ0n) is 19.6. The summed E-state index contributed by atoms with van der Waals surface area (Å²) in [5.41, 5.74) is 1.86. The van der Waals surface area contributed by atoms with Crippen molar-refractivity contribution < 1.29 is 19.4 Å². The van der Waals surface area contributed by atoms with Crippen molar-refractivity contribution >= 4 is 29.2 Å². The number of aliphatic carboxylic acids is 1. The average Bonchev–Trinajstić information content (AvgIpc) is 2.88. The van der Waals surface area contributed by atoms with Crippen LogP contribution >= 0.6 is 23.2 Å². The number of hydrogen-bond acceptors (Lipinski definition) is 4. The van der Waals surface area contributed by atoms with E-state index >= 15 is 0 Å². The molecule has 4 rings (SSSR count). The Bertz CT molecular complexity index is 1070. The van der Waals surface area contributed by atoms with E-state index in [0.717, 1.165) is 41.8 Å². The fraction of sp³-hybridized carbons (Fsp3) is 0.321. The Kier molecular flexibility index (Phi) is 8.34. The van der Waals surface area contributed by atoms with E-state index in [2.05, 4.69) is 4.90 Å². The summed E-state index contributed by atoms with van der Waals surface area (Å²) < 4.78 is 12.2. The molecule has 7 heteroatoms. The Labute approximate surface area is 216 Å². The molecule has 1 atom stereocenters. The number of nitrogens with zero attached hydrogens (tertiary/aromatic N) is 1. The highest BCUT2D eigenvalue weighted by atomic mass is 35.5. The van der Waals surface area contributed by atoms with Gasteiger partial charge in [0.05, 0.1) is 19.6 Å². The van der Waals surface area contributed by atoms with Gasteiger partial charge in [0, 0.05) is 23.1 Å². The summed E-state index contributed by atoms with van der Waals surface area (Å²) >= 11 is 12.5. The van der Waals surface area contributed by atoms with Gasteiger partial charge in [0.1, 0.15) is 11.4 Å². The summed E-state index contributed by atoms with van der Waals surface area (Å²) in [6, 6.07) is 23.2. The number of carboxylic acids is 1. The SMILES string of the molecule is COc1ccc(C(OCCN2CCC[C@H](C(=O)O)C2)(c2ccc(Cl)cc2)c2ccc(Cl)cc2)cc1. The van der Waals surface area contributed by atoms with E-state index in [1.807, 2.05) is 72.8 Å². The summed E-state index contributed by atoms with van der Waals surface area (Å²) in [5.74, 6) is -0.309. The molecule has 0 bridgehead atoms. The molecule has 0 radical (unpaired) electrons. The van der Waals surface area contributed by atoms with Gasteiger partial charge in [-0.2, -0.15) is 0 Å². The normalized spacial score (nSPS) is 16.7. The highest BCUT2D eigenvalue weighted by molar-refractivity contribution is 6.30. The largest absolute Gasteiger partial charge is 0.497 e. The lowest BCUT2D eigenvalue weighted by atomic mass is 9.80. The van der Waals surface area contributed by atoms with Crippen LogP contribution in [0.15, 0.2) is 72.8 Å². The minimum atomic E-state index is -0.927. The van der Waals surface area contributed by atoms with Gasteiger partial charge < -0.3 is 19.5 Å². The third-order valence-corrected chi connectivity index (χ3v) is 7.08. The summed E-state index contributed by atoms with van der Waals surface area (Å²) in [6.45, 7) is 2.44. The van der Waals surface area contributed by atoms with Crippen LogP contribution in [0.2, 0.25) is 10.0 Å². The molecular formula is C28H29Cl2NO4. The second-order valence-electron chi connectivity index (χ2n) is 8.75. The summed E-state index contributed by atoms with van der Waals surface area (Å²) in [7, 11) is 1.64. The lowest BCUT2D eigenvalue weighted by molar-refractivity contribution is -0.143. The van der Waals surface area contributed by atoms with E-state index in [0.29, 0.717) is 29.7 Å². The number of hydrogen-bond donors (Lipinski definition) is 1. The second kappa shape index (κ2) is 11.4. The van der Waals surface area contributed by atoms with Crippen LogP contribution in [0.3, 0.4) is 0 Å². The van der Waals surface area contributed by atoms with Crippen molar-refractivity contribution in [3.63, 3.8) is 0 Å². The Morgan fingerprint density at radius 3 is 1.94 bits per heavy atom. The molecule has 1 aliphatic heterocycles. The molecule has 5 nitrogen and oxygen atoms in total. The average molecular weight is 514 g/mol. The van der Waals surface area contributed by atoms with Crippen LogP contribution in [0.4, 0.5) is 0 Å². The molecule has 0 unspecified atom stereocenters. The number of piperidine rings is 1. The van der Waals surface area contributed by atoms with E-state index in [1.165, 1.54) is 0 Å². The van der Waals surface area contributed by atoms with Crippen LogP contribution in [0.25, 0.3) is 0 Å². The minimum absolute atomic E-state index is 0.331. The van der Waals surface area contributed by atoms with E-state index < -0.39 is 11.6 Å². The van der Waals surface area contributed by atoms with Crippen molar-refractivity contribution in [2.75, 3.05) is 33.4 Å². The fourth-order valence-electron chi connectivity index (χ4n) is 4.73. The molecule has 35 heavy (non-hydrogen) atoms. The molecule has 1 N–H and O–H groups in total. The maximum absolute atomic E-state index is 11.5. The first-order valence-electron chi connectivity index (χ1n) is 11.7. The molecule has 0 aliphatic carbocycles. The van der Waals surface area contributed by atoms with Gasteiger partial charge in [0.15, 0.2) is 0 Å². The number of carboxylic acid groups (broad SMARTS) is 1. The number of benzene rings is 3. The number of carbonyl (C=O) groups is 1. The van der Waals surface area contributed by atoms with Crippen molar-refractivity contribution in [2.24, 2.45) is 5.92 Å². The van der Waals surface area contributed by atoms with Gasteiger partial charge in [-0.15, -0.1) is 0 Å². The van der Waals surface area contributed by atoms with Crippen molar-refractivity contribution in [3.8, 4) is 5.75 Å². The van der Waals surface area contributed by atoms with Crippen LogP contribution in [0.5, 0.6) is 5.75 Å². The van der Waals surface area contributed by atoms with Crippen LogP contribution in [0, 0.1) is 5.92 Å². The van der Waals surface area contributed by atoms with Crippen molar-refractivity contribution in [1.82, 2.24) is 4.90 Å². The molecule has 184 valence electrons. The first-order valence-corrected chi connectivity index (χ1v) is 12.4. The number of methoxy groups -OCH3 is 1. The van der Waals surface area contributed by atoms with Crippen LogP contribution < -0.4 is 4.74 Å². The molecule has 0 aromatic heterocycles. The molecule has 1 saturated heterocycles. The molecule has 3 aromatic carbocycles. The quantitative estimate of drug-likeness (QED) is 0.350.